The minimum atomic E-state index is -0.597. The lowest BCUT2D eigenvalue weighted by atomic mass is 9.51. The standard InChI is InChI=1S/C64H40N2S/c1-2-19-42(20-3-1)58-40-59(66-62(65-58)49-27-17-21-41-18-4-5-24-46(41)49)45-23-16-22-43(38-45)44-36-37-61-57(39-44)64(56-34-14-15-35-60(56)67-61)54-32-12-10-30-52(54)63(53-31-11-13-33-55(53)64)50-28-8-6-25-47(50)48-26-7-9-29-51(48)63/h1-40H. The zero-order chi connectivity index (χ0) is 44.1. The van der Waals surface area contributed by atoms with Crippen LogP contribution in [-0.2, 0) is 10.8 Å². The van der Waals surface area contributed by atoms with E-state index in [4.69, 9.17) is 9.97 Å². The van der Waals surface area contributed by atoms with E-state index in [1.165, 1.54) is 76.4 Å². The minimum absolute atomic E-state index is 0.488. The van der Waals surface area contributed by atoms with Gasteiger partial charge in [0.05, 0.1) is 22.2 Å². The Bertz CT molecular complexity index is 3710. The fraction of sp³-hybridized carbons (Fsp3) is 0.0312. The Morgan fingerprint density at radius 2 is 0.746 bits per heavy atom. The lowest BCUT2D eigenvalue weighted by Crippen LogP contribution is -2.45. The molecule has 3 heteroatoms. The van der Waals surface area contributed by atoms with Gasteiger partial charge in [-0.05, 0) is 108 Å². The van der Waals surface area contributed by atoms with Gasteiger partial charge in [0, 0.05) is 26.5 Å². The number of hydrogen-bond donors (Lipinski definition) is 0. The topological polar surface area (TPSA) is 25.8 Å². The largest absolute Gasteiger partial charge is 0.228 e. The molecule has 10 aromatic carbocycles. The third-order valence-electron chi connectivity index (χ3n) is 14.6. The summed E-state index contributed by atoms with van der Waals surface area (Å²) in [6.07, 6.45) is 0. The van der Waals surface area contributed by atoms with Crippen molar-refractivity contribution in [2.75, 3.05) is 0 Å². The van der Waals surface area contributed by atoms with Crippen LogP contribution in [0.25, 0.3) is 66.9 Å². The smallest absolute Gasteiger partial charge is 0.161 e. The molecule has 3 aliphatic rings. The van der Waals surface area contributed by atoms with Gasteiger partial charge in [-0.25, -0.2) is 9.97 Å². The highest BCUT2D eigenvalue weighted by Crippen LogP contribution is 2.67. The van der Waals surface area contributed by atoms with Crippen molar-refractivity contribution in [2.45, 2.75) is 20.6 Å². The number of fused-ring (bicyclic) bond motifs is 16. The first-order valence-corrected chi connectivity index (χ1v) is 23.9. The maximum absolute atomic E-state index is 5.35. The van der Waals surface area contributed by atoms with Gasteiger partial charge in [-0.15, -0.1) is 0 Å². The zero-order valence-electron chi connectivity index (χ0n) is 36.4. The SMILES string of the molecule is c1ccc(-c2cc(-c3cccc(-c4ccc5c(c4)C4(c6ccccc6S5)c5ccccc5C5(c6ccccc6-c6ccccc65)c5ccccc54)c3)nc(-c3cccc4ccccc34)n2)cc1. The Balaban J connectivity index is 0.989. The summed E-state index contributed by atoms with van der Waals surface area (Å²) in [7, 11) is 0. The van der Waals surface area contributed by atoms with E-state index in [9.17, 15) is 0 Å². The lowest BCUT2D eigenvalue weighted by molar-refractivity contribution is 0.606. The molecule has 0 amide bonds. The number of hydrogen-bond acceptors (Lipinski definition) is 3. The first kappa shape index (κ1) is 38.2. The summed E-state index contributed by atoms with van der Waals surface area (Å²) in [4.78, 5) is 13.1. The van der Waals surface area contributed by atoms with Crippen molar-refractivity contribution < 1.29 is 0 Å². The molecular weight excluding hydrogens is 829 g/mol. The second-order valence-electron chi connectivity index (χ2n) is 17.9. The molecule has 67 heavy (non-hydrogen) atoms. The van der Waals surface area contributed by atoms with Crippen LogP contribution in [0.2, 0.25) is 0 Å². The maximum Gasteiger partial charge on any atom is 0.161 e. The third kappa shape index (κ3) is 5.41. The molecule has 312 valence electrons. The highest BCUT2D eigenvalue weighted by atomic mass is 32.2. The van der Waals surface area contributed by atoms with E-state index >= 15 is 0 Å². The van der Waals surface area contributed by atoms with Gasteiger partial charge >= 0.3 is 0 Å². The van der Waals surface area contributed by atoms with Crippen molar-refractivity contribution >= 4 is 22.5 Å². The van der Waals surface area contributed by atoms with Crippen molar-refractivity contribution in [1.82, 2.24) is 9.97 Å². The molecule has 0 fully saturated rings. The van der Waals surface area contributed by atoms with Crippen LogP contribution in [0, 0.1) is 0 Å². The van der Waals surface area contributed by atoms with E-state index in [1.807, 2.05) is 11.8 Å². The molecule has 1 aromatic heterocycles. The van der Waals surface area contributed by atoms with Crippen LogP contribution in [0.4, 0.5) is 0 Å². The van der Waals surface area contributed by atoms with E-state index in [1.54, 1.807) is 0 Å². The summed E-state index contributed by atoms with van der Waals surface area (Å²) < 4.78 is 0. The van der Waals surface area contributed by atoms with Gasteiger partial charge < -0.3 is 0 Å². The Kier molecular flexibility index (Phi) is 8.38. The van der Waals surface area contributed by atoms with Gasteiger partial charge in [-0.1, -0.05) is 224 Å². The van der Waals surface area contributed by atoms with Crippen LogP contribution in [0.3, 0.4) is 0 Å². The van der Waals surface area contributed by atoms with Crippen molar-refractivity contribution in [2.24, 2.45) is 0 Å². The van der Waals surface area contributed by atoms with Crippen LogP contribution in [0.1, 0.15) is 44.5 Å². The molecule has 1 aliphatic heterocycles. The fourth-order valence-corrected chi connectivity index (χ4v) is 13.1. The molecular formula is C64H40N2S. The molecule has 0 saturated heterocycles. The summed E-state index contributed by atoms with van der Waals surface area (Å²) in [6.45, 7) is 0. The summed E-state index contributed by atoms with van der Waals surface area (Å²) in [5, 5.41) is 2.30. The van der Waals surface area contributed by atoms with E-state index in [0.29, 0.717) is 5.82 Å². The molecule has 0 N–H and O–H groups in total. The number of nitrogens with zero attached hydrogens (tertiary/aromatic N) is 2. The summed E-state index contributed by atoms with van der Waals surface area (Å²) in [5.41, 5.74) is 19.4. The third-order valence-corrected chi connectivity index (χ3v) is 15.8. The predicted octanol–water partition coefficient (Wildman–Crippen LogP) is 15.8. The van der Waals surface area contributed by atoms with Gasteiger partial charge in [0.1, 0.15) is 0 Å². The predicted molar refractivity (Wildman–Crippen MR) is 275 cm³/mol. The highest BCUT2D eigenvalue weighted by molar-refractivity contribution is 7.99. The summed E-state index contributed by atoms with van der Waals surface area (Å²) in [6, 6.07) is 89.6. The molecule has 11 aromatic rings. The molecule has 0 bridgehead atoms. The van der Waals surface area contributed by atoms with Crippen molar-refractivity contribution in [3.8, 4) is 56.2 Å². The first-order chi connectivity index (χ1) is 33.2. The maximum atomic E-state index is 5.35. The van der Waals surface area contributed by atoms with Gasteiger partial charge in [0.25, 0.3) is 0 Å². The monoisotopic (exact) mass is 868 g/mol. The molecule has 0 unspecified atom stereocenters. The number of benzene rings is 10. The second-order valence-corrected chi connectivity index (χ2v) is 19.0. The van der Waals surface area contributed by atoms with Crippen molar-refractivity contribution in [3.05, 3.63) is 287 Å². The van der Waals surface area contributed by atoms with E-state index < -0.39 is 10.8 Å². The lowest BCUT2D eigenvalue weighted by Gasteiger charge is -2.51. The molecule has 0 radical (unpaired) electrons. The van der Waals surface area contributed by atoms with E-state index in [-0.39, 0.29) is 0 Å². The van der Waals surface area contributed by atoms with Crippen LogP contribution in [-0.4, -0.2) is 9.97 Å². The fourth-order valence-electron chi connectivity index (χ4n) is 11.9. The van der Waals surface area contributed by atoms with Gasteiger partial charge in [0.2, 0.25) is 0 Å². The second kappa shape index (κ2) is 14.7. The van der Waals surface area contributed by atoms with E-state index in [0.717, 1.165) is 39.0 Å². The molecule has 2 spiro atoms. The van der Waals surface area contributed by atoms with Gasteiger partial charge in [0.15, 0.2) is 5.82 Å². The highest BCUT2D eigenvalue weighted by Gasteiger charge is 2.58. The van der Waals surface area contributed by atoms with Crippen LogP contribution >= 0.6 is 11.8 Å². The molecule has 2 nitrogen and oxygen atoms in total. The molecule has 14 rings (SSSR count). The van der Waals surface area contributed by atoms with Gasteiger partial charge in [-0.2, -0.15) is 0 Å². The molecule has 2 heterocycles. The van der Waals surface area contributed by atoms with Gasteiger partial charge in [-0.3, -0.25) is 0 Å². The van der Waals surface area contributed by atoms with E-state index in [2.05, 4.69) is 243 Å². The van der Waals surface area contributed by atoms with Crippen LogP contribution in [0.15, 0.2) is 252 Å². The summed E-state index contributed by atoms with van der Waals surface area (Å²) in [5.74, 6) is 0.713. The molecule has 2 aliphatic carbocycles. The van der Waals surface area contributed by atoms with Crippen molar-refractivity contribution in [1.29, 1.82) is 0 Å². The molecule has 0 atom stereocenters. The Morgan fingerprint density at radius 1 is 0.284 bits per heavy atom. The Labute approximate surface area is 394 Å². The quantitative estimate of drug-likeness (QED) is 0.176. The zero-order valence-corrected chi connectivity index (χ0v) is 37.2. The minimum Gasteiger partial charge on any atom is -0.228 e. The normalized spacial score (nSPS) is 14.1. The van der Waals surface area contributed by atoms with Crippen LogP contribution in [0.5, 0.6) is 0 Å². The van der Waals surface area contributed by atoms with Crippen LogP contribution < -0.4 is 0 Å². The Hall–Kier alpha value is -8.11. The Morgan fingerprint density at radius 3 is 1.45 bits per heavy atom. The molecule has 0 saturated carbocycles. The first-order valence-electron chi connectivity index (χ1n) is 23.1. The summed E-state index contributed by atoms with van der Waals surface area (Å²) >= 11 is 1.89. The average Bonchev–Trinajstić information content (AvgIpc) is 3.70. The number of rotatable bonds is 4. The number of aromatic nitrogens is 2. The average molecular weight is 869 g/mol. The van der Waals surface area contributed by atoms with Crippen molar-refractivity contribution in [3.63, 3.8) is 0 Å².